The second-order valence-corrected chi connectivity index (χ2v) is 8.01. The molecule has 4 rings (SSSR count). The van der Waals surface area contributed by atoms with Crippen LogP contribution in [-0.2, 0) is 16.9 Å². The fraction of sp³-hybridized carbons (Fsp3) is 0.370. The number of benzene rings is 2. The monoisotopic (exact) mass is 430 g/mol. The van der Waals surface area contributed by atoms with Crippen molar-refractivity contribution in [1.29, 1.82) is 0 Å². The van der Waals surface area contributed by atoms with Gasteiger partial charge in [-0.2, -0.15) is 5.06 Å². The lowest BCUT2D eigenvalue weighted by Gasteiger charge is -2.34. The van der Waals surface area contributed by atoms with Crippen LogP contribution in [0.1, 0.15) is 55.6 Å². The van der Waals surface area contributed by atoms with E-state index < -0.39 is 5.66 Å². The second kappa shape index (κ2) is 9.50. The highest BCUT2D eigenvalue weighted by molar-refractivity contribution is 6.01. The van der Waals surface area contributed by atoms with Gasteiger partial charge in [-0.25, -0.2) is 0 Å². The molecule has 5 nitrogen and oxygen atoms in total. The maximum atomic E-state index is 13.3. The quantitative estimate of drug-likeness (QED) is 0.441. The van der Waals surface area contributed by atoms with Crippen LogP contribution in [0.3, 0.4) is 0 Å². The molecule has 32 heavy (non-hydrogen) atoms. The standard InChI is InChI=1S/C27H30N2O3/c1-4-6-17-27(18-11-10-14-21-12-8-7-9-13-21)28-24-20-23(32-5-2)16-15-22(24)19-25(28)26(30)29(27)31-3/h7-9,12-13,15-16,19-20H,4-6,10,14,17H2,1-3H3. The highest BCUT2D eigenvalue weighted by Crippen LogP contribution is 2.42. The molecule has 1 aliphatic heterocycles. The molecule has 1 aliphatic rings. The summed E-state index contributed by atoms with van der Waals surface area (Å²) in [6.07, 6.45) is 4.19. The van der Waals surface area contributed by atoms with Crippen LogP contribution < -0.4 is 4.74 Å². The molecule has 1 aromatic heterocycles. The summed E-state index contributed by atoms with van der Waals surface area (Å²) in [7, 11) is 1.55. The molecule has 3 aromatic rings. The van der Waals surface area contributed by atoms with E-state index in [0.717, 1.165) is 35.9 Å². The first-order valence-electron chi connectivity index (χ1n) is 11.4. The van der Waals surface area contributed by atoms with E-state index in [4.69, 9.17) is 9.57 Å². The minimum absolute atomic E-state index is 0.157. The van der Waals surface area contributed by atoms with Gasteiger partial charge in [-0.3, -0.25) is 14.2 Å². The van der Waals surface area contributed by atoms with Crippen LogP contribution in [0.25, 0.3) is 10.9 Å². The first-order chi connectivity index (χ1) is 15.6. The number of aromatic nitrogens is 1. The lowest BCUT2D eigenvalue weighted by molar-refractivity contribution is -0.160. The zero-order valence-electron chi connectivity index (χ0n) is 19.1. The molecular formula is C27H30N2O3. The number of nitrogens with zero attached hydrogens (tertiary/aromatic N) is 2. The Balaban J connectivity index is 1.79. The number of hydroxylamine groups is 2. The summed E-state index contributed by atoms with van der Waals surface area (Å²) in [6.45, 7) is 4.70. The molecule has 1 unspecified atom stereocenters. The third kappa shape index (κ3) is 3.87. The molecule has 0 spiro atoms. The van der Waals surface area contributed by atoms with Gasteiger partial charge in [0.05, 0.1) is 19.2 Å². The largest absolute Gasteiger partial charge is 0.494 e. The van der Waals surface area contributed by atoms with Crippen molar-refractivity contribution in [3.63, 3.8) is 0 Å². The Kier molecular flexibility index (Phi) is 6.53. The van der Waals surface area contributed by atoms with Gasteiger partial charge in [0.1, 0.15) is 11.4 Å². The van der Waals surface area contributed by atoms with E-state index in [0.29, 0.717) is 25.1 Å². The highest BCUT2D eigenvalue weighted by atomic mass is 16.7. The van der Waals surface area contributed by atoms with Gasteiger partial charge in [0.15, 0.2) is 0 Å². The Morgan fingerprint density at radius 2 is 1.88 bits per heavy atom. The van der Waals surface area contributed by atoms with E-state index in [2.05, 4.69) is 35.5 Å². The number of unbranched alkanes of at least 4 members (excludes halogenated alkanes) is 1. The topological polar surface area (TPSA) is 43.7 Å². The zero-order valence-corrected chi connectivity index (χ0v) is 19.1. The van der Waals surface area contributed by atoms with Crippen LogP contribution in [0.4, 0.5) is 0 Å². The Bertz CT molecular complexity index is 1160. The molecule has 0 aliphatic carbocycles. The number of carbonyl (C=O) groups is 1. The third-order valence-corrected chi connectivity index (χ3v) is 5.93. The van der Waals surface area contributed by atoms with E-state index in [1.165, 1.54) is 10.6 Å². The molecule has 0 fully saturated rings. The Morgan fingerprint density at radius 1 is 1.06 bits per heavy atom. The molecule has 5 heteroatoms. The Hall–Kier alpha value is -3.23. The molecule has 0 saturated carbocycles. The Morgan fingerprint density at radius 3 is 2.59 bits per heavy atom. The summed E-state index contributed by atoms with van der Waals surface area (Å²) in [6, 6.07) is 18.2. The number of hydrogen-bond acceptors (Lipinski definition) is 3. The third-order valence-electron chi connectivity index (χ3n) is 5.93. The summed E-state index contributed by atoms with van der Waals surface area (Å²) in [5.74, 6) is 7.47. The van der Waals surface area contributed by atoms with Crippen molar-refractivity contribution in [1.82, 2.24) is 9.63 Å². The maximum absolute atomic E-state index is 13.3. The van der Waals surface area contributed by atoms with E-state index in [1.54, 1.807) is 7.11 Å². The molecule has 1 amide bonds. The lowest BCUT2D eigenvalue weighted by atomic mass is 10.0. The minimum atomic E-state index is -0.875. The van der Waals surface area contributed by atoms with Gasteiger partial charge in [0, 0.05) is 24.3 Å². The van der Waals surface area contributed by atoms with Crippen molar-refractivity contribution >= 4 is 16.8 Å². The van der Waals surface area contributed by atoms with Gasteiger partial charge in [-0.15, -0.1) is 0 Å². The van der Waals surface area contributed by atoms with Crippen molar-refractivity contribution in [3.05, 3.63) is 65.9 Å². The van der Waals surface area contributed by atoms with Gasteiger partial charge in [-0.05, 0) is 49.4 Å². The number of aryl methyl sites for hydroxylation is 1. The van der Waals surface area contributed by atoms with Crippen molar-refractivity contribution in [2.45, 2.75) is 51.6 Å². The van der Waals surface area contributed by atoms with Crippen molar-refractivity contribution in [2.75, 3.05) is 13.7 Å². The fourth-order valence-electron chi connectivity index (χ4n) is 4.45. The summed E-state index contributed by atoms with van der Waals surface area (Å²) in [4.78, 5) is 19.0. The first kappa shape index (κ1) is 22.0. The summed E-state index contributed by atoms with van der Waals surface area (Å²) in [5.41, 5.74) is 1.92. The molecule has 166 valence electrons. The number of rotatable bonds is 8. The van der Waals surface area contributed by atoms with E-state index in [-0.39, 0.29) is 5.91 Å². The fourth-order valence-corrected chi connectivity index (χ4v) is 4.45. The lowest BCUT2D eigenvalue weighted by Crippen LogP contribution is -2.45. The van der Waals surface area contributed by atoms with Crippen LogP contribution >= 0.6 is 0 Å². The molecule has 0 bridgehead atoms. The van der Waals surface area contributed by atoms with Crippen molar-refractivity contribution in [2.24, 2.45) is 0 Å². The number of amides is 1. The van der Waals surface area contributed by atoms with Crippen LogP contribution in [0.5, 0.6) is 5.75 Å². The number of ether oxygens (including phenoxy) is 1. The van der Waals surface area contributed by atoms with Crippen LogP contribution in [0, 0.1) is 11.8 Å². The number of carbonyl (C=O) groups excluding carboxylic acids is 1. The molecule has 0 radical (unpaired) electrons. The predicted octanol–water partition coefficient (Wildman–Crippen LogP) is 5.54. The zero-order chi connectivity index (χ0) is 22.6. The van der Waals surface area contributed by atoms with E-state index in [9.17, 15) is 4.79 Å². The molecule has 2 heterocycles. The minimum Gasteiger partial charge on any atom is -0.494 e. The SMILES string of the molecule is CCCCC1(C#CCCc2ccccc2)N(OC)C(=O)c2cc3ccc(OCC)cc3n21. The molecule has 2 aromatic carbocycles. The number of hydrogen-bond donors (Lipinski definition) is 0. The van der Waals surface area contributed by atoms with E-state index >= 15 is 0 Å². The average Bonchev–Trinajstić information content (AvgIpc) is 3.30. The highest BCUT2D eigenvalue weighted by Gasteiger charge is 2.50. The molecule has 1 atom stereocenters. The Labute approximate surface area is 189 Å². The molecule has 0 saturated heterocycles. The summed E-state index contributed by atoms with van der Waals surface area (Å²) < 4.78 is 7.80. The van der Waals surface area contributed by atoms with Crippen LogP contribution in [0.15, 0.2) is 54.6 Å². The first-order valence-corrected chi connectivity index (χ1v) is 11.4. The second-order valence-electron chi connectivity index (χ2n) is 8.01. The van der Waals surface area contributed by atoms with Gasteiger partial charge in [0.25, 0.3) is 5.91 Å². The summed E-state index contributed by atoms with van der Waals surface area (Å²) >= 11 is 0. The van der Waals surface area contributed by atoms with Crippen molar-refractivity contribution < 1.29 is 14.4 Å². The predicted molar refractivity (Wildman–Crippen MR) is 126 cm³/mol. The van der Waals surface area contributed by atoms with Crippen molar-refractivity contribution in [3.8, 4) is 17.6 Å². The molecular weight excluding hydrogens is 400 g/mol. The maximum Gasteiger partial charge on any atom is 0.297 e. The normalized spacial score (nSPS) is 17.3. The van der Waals surface area contributed by atoms with Crippen LogP contribution in [0.2, 0.25) is 0 Å². The smallest absolute Gasteiger partial charge is 0.297 e. The molecule has 0 N–H and O–H groups in total. The average molecular weight is 431 g/mol. The van der Waals surface area contributed by atoms with Gasteiger partial charge >= 0.3 is 0 Å². The summed E-state index contributed by atoms with van der Waals surface area (Å²) in [5, 5.41) is 2.46. The van der Waals surface area contributed by atoms with Gasteiger partial charge in [-0.1, -0.05) is 49.6 Å². The van der Waals surface area contributed by atoms with Gasteiger partial charge < -0.3 is 4.74 Å². The number of fused-ring (bicyclic) bond motifs is 3. The van der Waals surface area contributed by atoms with Gasteiger partial charge in [0.2, 0.25) is 5.66 Å². The van der Waals surface area contributed by atoms with Crippen LogP contribution in [-0.4, -0.2) is 29.3 Å². The van der Waals surface area contributed by atoms with E-state index in [1.807, 2.05) is 49.4 Å².